The zero-order chi connectivity index (χ0) is 12.7. The molecule has 0 atom stereocenters. The van der Waals surface area contributed by atoms with Gasteiger partial charge in [-0.2, -0.15) is 0 Å². The second-order valence-electron chi connectivity index (χ2n) is 3.08. The molecule has 1 aromatic rings. The number of nitrogens with zero attached hydrogens (tertiary/aromatic N) is 1. The van der Waals surface area contributed by atoms with Gasteiger partial charge < -0.3 is 15.8 Å². The molecule has 92 valence electrons. The van der Waals surface area contributed by atoms with Crippen molar-refractivity contribution < 1.29 is 14.3 Å². The molecule has 0 aromatic carbocycles. The van der Waals surface area contributed by atoms with Crippen LogP contribution in [0.25, 0.3) is 0 Å². The minimum absolute atomic E-state index is 0.0569. The number of imide groups is 1. The van der Waals surface area contributed by atoms with E-state index in [-0.39, 0.29) is 6.54 Å². The monoisotopic (exact) mass is 238 g/mol. The number of aromatic nitrogens is 1. The van der Waals surface area contributed by atoms with Crippen LogP contribution in [0, 0.1) is 0 Å². The van der Waals surface area contributed by atoms with Crippen molar-refractivity contribution >= 4 is 17.6 Å². The fourth-order valence-electron chi connectivity index (χ4n) is 1.08. The van der Waals surface area contributed by atoms with Crippen LogP contribution in [0.15, 0.2) is 18.3 Å². The summed E-state index contributed by atoms with van der Waals surface area (Å²) in [6, 6.07) is 2.52. The van der Waals surface area contributed by atoms with E-state index >= 15 is 0 Å². The Balaban J connectivity index is 2.41. The number of amides is 3. The lowest BCUT2D eigenvalue weighted by molar-refractivity contribution is -0.118. The Bertz CT molecular complexity index is 391. The van der Waals surface area contributed by atoms with Crippen LogP contribution in [0.4, 0.5) is 10.5 Å². The maximum atomic E-state index is 11.1. The zero-order valence-corrected chi connectivity index (χ0v) is 9.40. The molecule has 4 N–H and O–H groups in total. The van der Waals surface area contributed by atoms with Gasteiger partial charge in [-0.15, -0.1) is 0 Å². The van der Waals surface area contributed by atoms with E-state index in [9.17, 15) is 9.59 Å². The number of rotatable bonds is 5. The Morgan fingerprint density at radius 2 is 2.24 bits per heavy atom. The maximum absolute atomic E-state index is 11.1. The molecule has 0 fully saturated rings. The Labute approximate surface area is 98.4 Å². The van der Waals surface area contributed by atoms with Crippen LogP contribution < -0.4 is 21.1 Å². The highest BCUT2D eigenvalue weighted by Gasteiger charge is 2.03. The predicted molar refractivity (Wildman–Crippen MR) is 61.6 cm³/mol. The summed E-state index contributed by atoms with van der Waals surface area (Å²) < 4.78 is 5.16. The van der Waals surface area contributed by atoms with E-state index in [1.54, 1.807) is 12.1 Å². The van der Waals surface area contributed by atoms with Crippen molar-refractivity contribution in [3.8, 4) is 5.88 Å². The van der Waals surface area contributed by atoms with E-state index in [4.69, 9.17) is 10.5 Å². The number of hydrogen-bond acceptors (Lipinski definition) is 5. The van der Waals surface area contributed by atoms with E-state index in [2.05, 4.69) is 10.3 Å². The van der Waals surface area contributed by atoms with Crippen LogP contribution in [0.3, 0.4) is 0 Å². The van der Waals surface area contributed by atoms with Gasteiger partial charge in [0.2, 0.25) is 11.8 Å². The number of carbonyl (C=O) groups excluding carboxylic acids is 2. The number of hydrogen-bond donors (Lipinski definition) is 3. The first-order chi connectivity index (χ1) is 8.11. The highest BCUT2D eigenvalue weighted by atomic mass is 16.5. The van der Waals surface area contributed by atoms with Crippen molar-refractivity contribution in [1.82, 2.24) is 10.3 Å². The summed E-state index contributed by atoms with van der Waals surface area (Å²) in [6.45, 7) is 2.35. The van der Waals surface area contributed by atoms with Crippen molar-refractivity contribution in [2.75, 3.05) is 18.5 Å². The van der Waals surface area contributed by atoms with E-state index in [1.807, 2.05) is 12.2 Å². The summed E-state index contributed by atoms with van der Waals surface area (Å²) in [4.78, 5) is 25.4. The van der Waals surface area contributed by atoms with Gasteiger partial charge in [-0.3, -0.25) is 10.1 Å². The second-order valence-corrected chi connectivity index (χ2v) is 3.08. The number of pyridine rings is 1. The molecule has 0 saturated heterocycles. The van der Waals surface area contributed by atoms with Gasteiger partial charge in [0.15, 0.2) is 0 Å². The summed E-state index contributed by atoms with van der Waals surface area (Å²) in [5.74, 6) is 0.00558. The second kappa shape index (κ2) is 6.31. The van der Waals surface area contributed by atoms with Crippen molar-refractivity contribution in [2.45, 2.75) is 6.92 Å². The van der Waals surface area contributed by atoms with E-state index < -0.39 is 11.9 Å². The van der Waals surface area contributed by atoms with E-state index in [1.165, 1.54) is 6.20 Å². The Hall–Kier alpha value is -2.31. The Morgan fingerprint density at radius 1 is 1.47 bits per heavy atom. The molecular formula is C10H14N4O3. The molecule has 17 heavy (non-hydrogen) atoms. The first kappa shape index (κ1) is 12.8. The number of anilines is 1. The molecular weight excluding hydrogens is 224 g/mol. The van der Waals surface area contributed by atoms with Crippen molar-refractivity contribution in [3.63, 3.8) is 0 Å². The van der Waals surface area contributed by atoms with Gasteiger partial charge >= 0.3 is 6.03 Å². The van der Waals surface area contributed by atoms with Crippen molar-refractivity contribution in [1.29, 1.82) is 0 Å². The zero-order valence-electron chi connectivity index (χ0n) is 9.40. The molecule has 1 aromatic heterocycles. The van der Waals surface area contributed by atoms with Crippen LogP contribution in [-0.4, -0.2) is 30.1 Å². The molecule has 0 aliphatic carbocycles. The lowest BCUT2D eigenvalue weighted by atomic mass is 10.4. The van der Waals surface area contributed by atoms with Gasteiger partial charge in [-0.1, -0.05) is 0 Å². The standard InChI is InChI=1S/C10H14N4O3/c1-2-17-9-4-3-7(5-13-9)12-6-8(15)14-10(11)16/h3-5,12H,2,6H2,1H3,(H3,11,14,15,16). The summed E-state index contributed by atoms with van der Waals surface area (Å²) in [6.07, 6.45) is 1.53. The number of primary amides is 1. The number of ether oxygens (including phenoxy) is 1. The molecule has 1 rings (SSSR count). The minimum atomic E-state index is -0.874. The van der Waals surface area contributed by atoms with Crippen LogP contribution in [0.2, 0.25) is 0 Å². The normalized spacial score (nSPS) is 9.47. The van der Waals surface area contributed by atoms with Gasteiger partial charge in [0.25, 0.3) is 0 Å². The van der Waals surface area contributed by atoms with Gasteiger partial charge in [0.1, 0.15) is 0 Å². The smallest absolute Gasteiger partial charge is 0.318 e. The lowest BCUT2D eigenvalue weighted by Crippen LogP contribution is -2.38. The molecule has 0 saturated carbocycles. The Kier molecular flexibility index (Phi) is 4.74. The summed E-state index contributed by atoms with van der Waals surface area (Å²) in [7, 11) is 0. The number of carbonyl (C=O) groups is 2. The van der Waals surface area contributed by atoms with Gasteiger partial charge in [-0.25, -0.2) is 9.78 Å². The molecule has 1 heterocycles. The molecule has 0 aliphatic heterocycles. The first-order valence-corrected chi connectivity index (χ1v) is 5.04. The van der Waals surface area contributed by atoms with Gasteiger partial charge in [0.05, 0.1) is 25.0 Å². The van der Waals surface area contributed by atoms with E-state index in [0.29, 0.717) is 18.2 Å². The predicted octanol–water partition coefficient (Wildman–Crippen LogP) is 0.0871. The summed E-state index contributed by atoms with van der Waals surface area (Å²) in [5.41, 5.74) is 5.43. The molecule has 0 bridgehead atoms. The maximum Gasteiger partial charge on any atom is 0.318 e. The average Bonchev–Trinajstić information content (AvgIpc) is 2.28. The molecule has 0 unspecified atom stereocenters. The lowest BCUT2D eigenvalue weighted by Gasteiger charge is -2.06. The molecule has 7 heteroatoms. The number of nitrogens with one attached hydrogen (secondary N) is 2. The Morgan fingerprint density at radius 3 is 2.76 bits per heavy atom. The van der Waals surface area contributed by atoms with Crippen molar-refractivity contribution in [2.24, 2.45) is 5.73 Å². The molecule has 7 nitrogen and oxygen atoms in total. The largest absolute Gasteiger partial charge is 0.478 e. The third-order valence-corrected chi connectivity index (χ3v) is 1.74. The summed E-state index contributed by atoms with van der Waals surface area (Å²) in [5, 5.41) is 4.72. The number of urea groups is 1. The minimum Gasteiger partial charge on any atom is -0.478 e. The molecule has 0 aliphatic rings. The van der Waals surface area contributed by atoms with Crippen LogP contribution >= 0.6 is 0 Å². The third-order valence-electron chi connectivity index (χ3n) is 1.74. The van der Waals surface area contributed by atoms with Crippen LogP contribution in [0.1, 0.15) is 6.92 Å². The highest BCUT2D eigenvalue weighted by Crippen LogP contribution is 2.10. The SMILES string of the molecule is CCOc1ccc(NCC(=O)NC(N)=O)cn1. The van der Waals surface area contributed by atoms with E-state index in [0.717, 1.165) is 0 Å². The van der Waals surface area contributed by atoms with Crippen molar-refractivity contribution in [3.05, 3.63) is 18.3 Å². The van der Waals surface area contributed by atoms with Crippen LogP contribution in [-0.2, 0) is 4.79 Å². The fraction of sp³-hybridized carbons (Fsp3) is 0.300. The fourth-order valence-corrected chi connectivity index (χ4v) is 1.08. The molecule has 3 amide bonds. The highest BCUT2D eigenvalue weighted by molar-refractivity contribution is 5.95. The molecule has 0 spiro atoms. The number of nitrogens with two attached hydrogens (primary N) is 1. The quantitative estimate of drug-likeness (QED) is 0.673. The van der Waals surface area contributed by atoms with Gasteiger partial charge in [0, 0.05) is 6.07 Å². The third kappa shape index (κ3) is 4.83. The van der Waals surface area contributed by atoms with Gasteiger partial charge in [-0.05, 0) is 13.0 Å². The first-order valence-electron chi connectivity index (χ1n) is 5.04. The topological polar surface area (TPSA) is 106 Å². The molecule has 0 radical (unpaired) electrons. The summed E-state index contributed by atoms with van der Waals surface area (Å²) >= 11 is 0. The van der Waals surface area contributed by atoms with Crippen LogP contribution in [0.5, 0.6) is 5.88 Å². The average molecular weight is 238 g/mol.